The summed E-state index contributed by atoms with van der Waals surface area (Å²) in [5, 5.41) is 6.28. The first kappa shape index (κ1) is 25.9. The number of nitrogens with zero attached hydrogens (tertiary/aromatic N) is 1. The summed E-state index contributed by atoms with van der Waals surface area (Å²) in [6.07, 6.45) is 1.96. The molecule has 0 aliphatic carbocycles. The topological polar surface area (TPSA) is 101 Å². The number of aliphatic imine (C=N–C) groups is 1. The van der Waals surface area contributed by atoms with Gasteiger partial charge in [-0.05, 0) is 26.0 Å². The summed E-state index contributed by atoms with van der Waals surface area (Å²) in [6, 6.07) is 7.54. The van der Waals surface area contributed by atoms with E-state index in [9.17, 15) is 8.42 Å². The summed E-state index contributed by atoms with van der Waals surface area (Å²) in [6.45, 7) is 5.19. The number of halogens is 1. The molecule has 0 saturated heterocycles. The van der Waals surface area contributed by atoms with Gasteiger partial charge in [-0.2, -0.15) is 0 Å². The first-order valence-electron chi connectivity index (χ1n) is 8.33. The summed E-state index contributed by atoms with van der Waals surface area (Å²) in [4.78, 5) is 4.16. The number of ether oxygens (including phenoxy) is 2. The molecule has 0 fully saturated rings. The fraction of sp³-hybridized carbons (Fsp3) is 0.588. The van der Waals surface area contributed by atoms with Gasteiger partial charge >= 0.3 is 0 Å². The lowest BCUT2D eigenvalue weighted by atomic mass is 10.1. The lowest BCUT2D eigenvalue weighted by Crippen LogP contribution is -2.51. The smallest absolute Gasteiger partial charge is 0.209 e. The second-order valence-electron chi connectivity index (χ2n) is 6.53. The molecule has 3 N–H and O–H groups in total. The van der Waals surface area contributed by atoms with E-state index >= 15 is 0 Å². The van der Waals surface area contributed by atoms with Crippen LogP contribution in [-0.2, 0) is 14.8 Å². The zero-order chi connectivity index (χ0) is 19.6. The van der Waals surface area contributed by atoms with Crippen molar-refractivity contribution in [2.75, 3.05) is 45.5 Å². The molecular weight excluding hydrogens is 483 g/mol. The van der Waals surface area contributed by atoms with E-state index in [-0.39, 0.29) is 24.0 Å². The lowest BCUT2D eigenvalue weighted by molar-refractivity contribution is 0.172. The largest absolute Gasteiger partial charge is 0.493 e. The Bertz CT molecular complexity index is 696. The standard InChI is InChI=1S/C17H30N4O4S.HI/c1-17(2,21-26(5,22)23)13-19-16(18-3)20-14-8-6-9-15(12-14)25-11-7-10-24-4;/h6,8-9,12,21H,7,10-11,13H2,1-5H3,(H2,18,19,20);1H. The Hall–Kier alpha value is -1.11. The Labute approximate surface area is 179 Å². The second kappa shape index (κ2) is 12.4. The Morgan fingerprint density at radius 3 is 2.56 bits per heavy atom. The highest BCUT2D eigenvalue weighted by molar-refractivity contribution is 14.0. The van der Waals surface area contributed by atoms with E-state index < -0.39 is 15.6 Å². The van der Waals surface area contributed by atoms with Crippen LogP contribution >= 0.6 is 24.0 Å². The van der Waals surface area contributed by atoms with E-state index in [0.717, 1.165) is 24.1 Å². The highest BCUT2D eigenvalue weighted by Crippen LogP contribution is 2.17. The number of anilines is 1. The molecule has 0 atom stereocenters. The molecule has 0 aliphatic rings. The number of hydrogen-bond donors (Lipinski definition) is 3. The van der Waals surface area contributed by atoms with Crippen LogP contribution in [0.15, 0.2) is 29.3 Å². The molecule has 0 bridgehead atoms. The van der Waals surface area contributed by atoms with Gasteiger partial charge < -0.3 is 20.1 Å². The third kappa shape index (κ3) is 12.1. The van der Waals surface area contributed by atoms with Crippen LogP contribution in [0.4, 0.5) is 5.69 Å². The van der Waals surface area contributed by atoms with Crippen LogP contribution in [0.3, 0.4) is 0 Å². The van der Waals surface area contributed by atoms with Crippen LogP contribution in [0.5, 0.6) is 5.75 Å². The summed E-state index contributed by atoms with van der Waals surface area (Å²) in [5.74, 6) is 1.28. The fourth-order valence-electron chi connectivity index (χ4n) is 2.22. The third-order valence-corrected chi connectivity index (χ3v) is 4.16. The normalized spacial score (nSPS) is 12.3. The average Bonchev–Trinajstić information content (AvgIpc) is 2.54. The fourth-order valence-corrected chi connectivity index (χ4v) is 3.29. The van der Waals surface area contributed by atoms with Gasteiger partial charge in [0.1, 0.15) is 5.75 Å². The van der Waals surface area contributed by atoms with Gasteiger partial charge in [0.2, 0.25) is 10.0 Å². The summed E-state index contributed by atoms with van der Waals surface area (Å²) in [7, 11) is 0.0230. The van der Waals surface area contributed by atoms with E-state index in [1.807, 2.05) is 24.3 Å². The first-order valence-corrected chi connectivity index (χ1v) is 10.2. The minimum atomic E-state index is -3.29. The van der Waals surface area contributed by atoms with Crippen molar-refractivity contribution < 1.29 is 17.9 Å². The van der Waals surface area contributed by atoms with Crippen molar-refractivity contribution in [1.29, 1.82) is 0 Å². The molecule has 0 aromatic heterocycles. The summed E-state index contributed by atoms with van der Waals surface area (Å²) in [5.41, 5.74) is 0.161. The maximum Gasteiger partial charge on any atom is 0.209 e. The number of sulfonamides is 1. The maximum absolute atomic E-state index is 11.4. The molecule has 1 rings (SSSR count). The second-order valence-corrected chi connectivity index (χ2v) is 8.28. The molecule has 1 aromatic rings. The number of benzene rings is 1. The zero-order valence-electron chi connectivity index (χ0n) is 16.5. The number of guanidine groups is 1. The average molecular weight is 514 g/mol. The van der Waals surface area contributed by atoms with Gasteiger partial charge in [0.05, 0.1) is 12.9 Å². The monoisotopic (exact) mass is 514 g/mol. The van der Waals surface area contributed by atoms with Crippen LogP contribution in [0.2, 0.25) is 0 Å². The van der Waals surface area contributed by atoms with Gasteiger partial charge in [0, 0.05) is 51.0 Å². The van der Waals surface area contributed by atoms with E-state index in [1.54, 1.807) is 28.0 Å². The highest BCUT2D eigenvalue weighted by Gasteiger charge is 2.22. The van der Waals surface area contributed by atoms with Crippen LogP contribution in [0, 0.1) is 0 Å². The van der Waals surface area contributed by atoms with Gasteiger partial charge in [0.15, 0.2) is 5.96 Å². The summed E-state index contributed by atoms with van der Waals surface area (Å²) < 4.78 is 36.1. The highest BCUT2D eigenvalue weighted by atomic mass is 127. The third-order valence-electron chi connectivity index (χ3n) is 3.24. The molecule has 0 amide bonds. The van der Waals surface area contributed by atoms with Crippen molar-refractivity contribution in [2.24, 2.45) is 4.99 Å². The molecule has 0 radical (unpaired) electrons. The molecule has 0 spiro atoms. The molecule has 27 heavy (non-hydrogen) atoms. The molecule has 0 unspecified atom stereocenters. The Morgan fingerprint density at radius 1 is 1.26 bits per heavy atom. The molecule has 156 valence electrons. The van der Waals surface area contributed by atoms with Crippen molar-refractivity contribution in [1.82, 2.24) is 10.0 Å². The van der Waals surface area contributed by atoms with Crippen molar-refractivity contribution in [3.05, 3.63) is 24.3 Å². The number of methoxy groups -OCH3 is 1. The van der Waals surface area contributed by atoms with Crippen molar-refractivity contribution >= 4 is 45.6 Å². The van der Waals surface area contributed by atoms with Crippen LogP contribution in [0.1, 0.15) is 20.3 Å². The molecule has 0 aliphatic heterocycles. The quantitative estimate of drug-likeness (QED) is 0.191. The van der Waals surface area contributed by atoms with E-state index in [2.05, 4.69) is 20.3 Å². The van der Waals surface area contributed by atoms with Gasteiger partial charge in [0.25, 0.3) is 0 Å². The summed E-state index contributed by atoms with van der Waals surface area (Å²) >= 11 is 0. The first-order chi connectivity index (χ1) is 12.1. The van der Waals surface area contributed by atoms with Crippen molar-refractivity contribution in [2.45, 2.75) is 25.8 Å². The Balaban J connectivity index is 0.00000676. The van der Waals surface area contributed by atoms with Crippen LogP contribution in [0.25, 0.3) is 0 Å². The predicted molar refractivity (Wildman–Crippen MR) is 121 cm³/mol. The maximum atomic E-state index is 11.4. The molecular formula is C17H31IN4O4S. The van der Waals surface area contributed by atoms with Gasteiger partial charge in [-0.25, -0.2) is 13.1 Å². The zero-order valence-corrected chi connectivity index (χ0v) is 19.7. The number of rotatable bonds is 10. The van der Waals surface area contributed by atoms with Gasteiger partial charge in [-0.3, -0.25) is 4.99 Å². The van der Waals surface area contributed by atoms with Crippen molar-refractivity contribution in [3.8, 4) is 5.75 Å². The number of nitrogens with one attached hydrogen (secondary N) is 3. The minimum absolute atomic E-state index is 0. The van der Waals surface area contributed by atoms with Crippen LogP contribution < -0.4 is 20.1 Å². The van der Waals surface area contributed by atoms with Crippen LogP contribution in [-0.4, -0.2) is 60.1 Å². The van der Waals surface area contributed by atoms with Gasteiger partial charge in [-0.1, -0.05) is 6.07 Å². The Morgan fingerprint density at radius 2 is 1.96 bits per heavy atom. The molecule has 0 saturated carbocycles. The molecule has 8 nitrogen and oxygen atoms in total. The molecule has 0 heterocycles. The molecule has 10 heteroatoms. The van der Waals surface area contributed by atoms with Gasteiger partial charge in [-0.15, -0.1) is 24.0 Å². The lowest BCUT2D eigenvalue weighted by Gasteiger charge is -2.26. The predicted octanol–water partition coefficient (Wildman–Crippen LogP) is 2.04. The number of hydrogen-bond acceptors (Lipinski definition) is 5. The minimum Gasteiger partial charge on any atom is -0.493 e. The van der Waals surface area contributed by atoms with E-state index in [1.165, 1.54) is 0 Å². The SMILES string of the molecule is CN=C(NCC(C)(C)NS(C)(=O)=O)Nc1cccc(OCCCOC)c1.I. The molecule has 1 aromatic carbocycles. The Kier molecular flexibility index (Phi) is 11.9. The van der Waals surface area contributed by atoms with E-state index in [0.29, 0.717) is 25.7 Å². The van der Waals surface area contributed by atoms with E-state index in [4.69, 9.17) is 9.47 Å². The van der Waals surface area contributed by atoms with Crippen molar-refractivity contribution in [3.63, 3.8) is 0 Å².